The zero-order valence-corrected chi connectivity index (χ0v) is 20.7. The summed E-state index contributed by atoms with van der Waals surface area (Å²) in [4.78, 5) is 7.67. The van der Waals surface area contributed by atoms with Crippen molar-refractivity contribution in [3.05, 3.63) is 29.1 Å². The van der Waals surface area contributed by atoms with Crippen LogP contribution in [-0.4, -0.2) is 49.1 Å². The van der Waals surface area contributed by atoms with Crippen LogP contribution in [0.4, 0.5) is 5.13 Å². The number of thioether (sulfide) groups is 1. The zero-order chi connectivity index (χ0) is 21.8. The molecule has 1 saturated carbocycles. The summed E-state index contributed by atoms with van der Waals surface area (Å²) in [6.45, 7) is 5.28. The maximum Gasteiger partial charge on any atom is 0.279 e. The molecule has 2 aromatic rings. The lowest BCUT2D eigenvalue weighted by molar-refractivity contribution is 0.333. The maximum absolute atomic E-state index is 12.3. The van der Waals surface area contributed by atoms with Crippen LogP contribution in [0.1, 0.15) is 44.4 Å². The third kappa shape index (κ3) is 5.45. The van der Waals surface area contributed by atoms with E-state index in [1.165, 1.54) is 19.6 Å². The summed E-state index contributed by atoms with van der Waals surface area (Å²) in [6.07, 6.45) is 5.22. The summed E-state index contributed by atoms with van der Waals surface area (Å²) in [5.74, 6) is 1.50. The predicted octanol–water partition coefficient (Wildman–Crippen LogP) is 4.61. The van der Waals surface area contributed by atoms with Gasteiger partial charge in [0.25, 0.3) is 10.2 Å². The maximum atomic E-state index is 12.3. The molecule has 31 heavy (non-hydrogen) atoms. The van der Waals surface area contributed by atoms with E-state index in [1.807, 2.05) is 25.6 Å². The Balaban J connectivity index is 1.32. The number of rotatable bonds is 8. The van der Waals surface area contributed by atoms with Crippen LogP contribution in [-0.2, 0) is 16.6 Å². The van der Waals surface area contributed by atoms with Crippen LogP contribution in [0.2, 0.25) is 0 Å². The highest BCUT2D eigenvalue weighted by atomic mass is 32.2. The molecule has 4 rings (SSSR count). The number of aromatic nitrogens is 1. The second-order valence-electron chi connectivity index (χ2n) is 8.19. The molecule has 1 aliphatic heterocycles. The molecule has 0 amide bonds. The fraction of sp³-hybridized carbons (Fsp3) is 0.591. The summed E-state index contributed by atoms with van der Waals surface area (Å²) in [6, 6.07) is 8.98. The Bertz CT molecular complexity index is 980. The van der Waals surface area contributed by atoms with Gasteiger partial charge in [-0.2, -0.15) is 12.7 Å². The lowest BCUT2D eigenvalue weighted by Crippen LogP contribution is -2.43. The van der Waals surface area contributed by atoms with Crippen molar-refractivity contribution in [3.63, 3.8) is 0 Å². The van der Waals surface area contributed by atoms with Crippen LogP contribution in [0.5, 0.6) is 0 Å². The van der Waals surface area contributed by atoms with Crippen molar-refractivity contribution in [2.75, 3.05) is 30.7 Å². The first-order chi connectivity index (χ1) is 15.0. The van der Waals surface area contributed by atoms with Gasteiger partial charge in [-0.05, 0) is 44.1 Å². The number of benzene rings is 1. The standard InChI is InChI=1S/C22H32N4O2S3/c1-3-26(4-2)31(27,28)23-15-16-9-11-17(12-10-16)24-22-25-21-18-7-5-6-8-19(18)29-14-13-20(21)30-22/h5-8,16-17,23H,3-4,9-15H2,1-2H3,(H,24,25)/t16-,17-. The highest BCUT2D eigenvalue weighted by Gasteiger charge is 2.26. The van der Waals surface area contributed by atoms with Gasteiger partial charge in [-0.3, -0.25) is 0 Å². The van der Waals surface area contributed by atoms with Gasteiger partial charge in [0.05, 0.1) is 5.69 Å². The van der Waals surface area contributed by atoms with Crippen LogP contribution in [0.3, 0.4) is 0 Å². The number of anilines is 1. The molecular weight excluding hydrogens is 448 g/mol. The van der Waals surface area contributed by atoms with E-state index in [9.17, 15) is 8.42 Å². The first-order valence-electron chi connectivity index (χ1n) is 11.2. The molecule has 1 fully saturated rings. The van der Waals surface area contributed by atoms with E-state index >= 15 is 0 Å². The first-order valence-corrected chi connectivity index (χ1v) is 14.5. The van der Waals surface area contributed by atoms with E-state index in [1.54, 1.807) is 11.3 Å². The normalized spacial score (nSPS) is 21.4. The molecule has 1 aromatic carbocycles. The quantitative estimate of drug-likeness (QED) is 0.577. The fourth-order valence-electron chi connectivity index (χ4n) is 4.40. The summed E-state index contributed by atoms with van der Waals surface area (Å²) in [5.41, 5.74) is 2.40. The van der Waals surface area contributed by atoms with Gasteiger partial charge in [0.2, 0.25) is 0 Å². The average Bonchev–Trinajstić information content (AvgIpc) is 3.08. The molecule has 2 aliphatic rings. The molecule has 2 N–H and O–H groups in total. The molecule has 0 atom stereocenters. The summed E-state index contributed by atoms with van der Waals surface area (Å²) >= 11 is 3.71. The lowest BCUT2D eigenvalue weighted by Gasteiger charge is -2.29. The van der Waals surface area contributed by atoms with Gasteiger partial charge in [0.15, 0.2) is 5.13 Å². The van der Waals surface area contributed by atoms with Crippen molar-refractivity contribution >= 4 is 38.4 Å². The Labute approximate surface area is 194 Å². The molecule has 1 aliphatic carbocycles. The number of nitrogens with one attached hydrogen (secondary N) is 2. The van der Waals surface area contributed by atoms with Gasteiger partial charge in [-0.25, -0.2) is 9.71 Å². The van der Waals surface area contributed by atoms with E-state index in [0.29, 0.717) is 31.6 Å². The second-order valence-corrected chi connectivity index (χ2v) is 12.2. The Morgan fingerprint density at radius 3 is 2.61 bits per heavy atom. The fourth-order valence-corrected chi connectivity index (χ4v) is 7.91. The number of thiazole rings is 1. The van der Waals surface area contributed by atoms with Gasteiger partial charge in [-0.15, -0.1) is 23.1 Å². The van der Waals surface area contributed by atoms with Crippen molar-refractivity contribution in [1.82, 2.24) is 14.0 Å². The van der Waals surface area contributed by atoms with Crippen molar-refractivity contribution in [2.45, 2.75) is 56.9 Å². The van der Waals surface area contributed by atoms with Crippen molar-refractivity contribution < 1.29 is 8.42 Å². The Morgan fingerprint density at radius 2 is 1.87 bits per heavy atom. The molecule has 6 nitrogen and oxygen atoms in total. The number of hydrogen-bond donors (Lipinski definition) is 2. The molecule has 0 bridgehead atoms. The summed E-state index contributed by atoms with van der Waals surface area (Å²) < 4.78 is 29.0. The Kier molecular flexibility index (Phi) is 7.59. The monoisotopic (exact) mass is 480 g/mol. The van der Waals surface area contributed by atoms with Crippen LogP contribution in [0, 0.1) is 5.92 Å². The largest absolute Gasteiger partial charge is 0.359 e. The van der Waals surface area contributed by atoms with E-state index in [-0.39, 0.29) is 0 Å². The molecule has 0 saturated heterocycles. The molecule has 0 unspecified atom stereocenters. The van der Waals surface area contributed by atoms with Gasteiger partial charge in [0.1, 0.15) is 0 Å². The van der Waals surface area contributed by atoms with Crippen molar-refractivity contribution in [1.29, 1.82) is 0 Å². The van der Waals surface area contributed by atoms with Gasteiger partial charge < -0.3 is 5.32 Å². The minimum Gasteiger partial charge on any atom is -0.359 e. The second kappa shape index (κ2) is 10.2. The van der Waals surface area contributed by atoms with Gasteiger partial charge in [-0.1, -0.05) is 32.0 Å². The van der Waals surface area contributed by atoms with Crippen molar-refractivity contribution in [2.24, 2.45) is 5.92 Å². The highest BCUT2D eigenvalue weighted by molar-refractivity contribution is 7.99. The smallest absolute Gasteiger partial charge is 0.279 e. The van der Waals surface area contributed by atoms with Crippen LogP contribution in [0.15, 0.2) is 29.2 Å². The molecule has 0 radical (unpaired) electrons. The van der Waals surface area contributed by atoms with E-state index in [0.717, 1.165) is 48.7 Å². The first kappa shape index (κ1) is 23.0. The number of fused-ring (bicyclic) bond motifs is 3. The molecule has 0 spiro atoms. The number of hydrogen-bond acceptors (Lipinski definition) is 6. The summed E-state index contributed by atoms with van der Waals surface area (Å²) in [7, 11) is -3.36. The Morgan fingerprint density at radius 1 is 1.13 bits per heavy atom. The summed E-state index contributed by atoms with van der Waals surface area (Å²) in [5, 5.41) is 4.70. The average molecular weight is 481 g/mol. The van der Waals surface area contributed by atoms with Crippen molar-refractivity contribution in [3.8, 4) is 11.3 Å². The molecule has 2 heterocycles. The van der Waals surface area contributed by atoms with Crippen LogP contribution >= 0.6 is 23.1 Å². The molecule has 170 valence electrons. The zero-order valence-electron chi connectivity index (χ0n) is 18.3. The van der Waals surface area contributed by atoms with E-state index in [4.69, 9.17) is 4.98 Å². The lowest BCUT2D eigenvalue weighted by atomic mass is 9.86. The predicted molar refractivity (Wildman–Crippen MR) is 131 cm³/mol. The van der Waals surface area contributed by atoms with E-state index < -0.39 is 10.2 Å². The minimum atomic E-state index is -3.36. The van der Waals surface area contributed by atoms with E-state index in [2.05, 4.69) is 34.3 Å². The SMILES string of the molecule is CCN(CC)S(=O)(=O)NC[C@H]1CC[C@H](Nc2nc3c(s2)CCSc2ccccc2-3)CC1. The molecule has 1 aromatic heterocycles. The topological polar surface area (TPSA) is 74.3 Å². The highest BCUT2D eigenvalue weighted by Crippen LogP contribution is 2.41. The Hall–Kier alpha value is -1.13. The number of aryl methyl sites for hydroxylation is 1. The minimum absolute atomic E-state index is 0.403. The molecule has 9 heteroatoms. The van der Waals surface area contributed by atoms with Crippen LogP contribution in [0.25, 0.3) is 11.3 Å². The van der Waals surface area contributed by atoms with Gasteiger partial charge >= 0.3 is 0 Å². The van der Waals surface area contributed by atoms with Crippen LogP contribution < -0.4 is 10.0 Å². The third-order valence-corrected chi connectivity index (χ3v) is 10.0. The third-order valence-electron chi connectivity index (χ3n) is 6.20. The molecular formula is C22H32N4O2S3. The van der Waals surface area contributed by atoms with Gasteiger partial charge in [0, 0.05) is 46.8 Å². The number of nitrogens with zero attached hydrogens (tertiary/aromatic N) is 2.